The van der Waals surface area contributed by atoms with E-state index < -0.39 is 26.0 Å². The second-order valence-electron chi connectivity index (χ2n) is 6.06. The molecule has 0 saturated carbocycles. The lowest BCUT2D eigenvalue weighted by Crippen LogP contribution is -2.42. The van der Waals surface area contributed by atoms with Crippen LogP contribution in [0.3, 0.4) is 0 Å². The number of nitrogens with zero attached hydrogens (tertiary/aromatic N) is 1. The Morgan fingerprint density at radius 3 is 2.28 bits per heavy atom. The summed E-state index contributed by atoms with van der Waals surface area (Å²) in [4.78, 5) is 14.2. The number of amides is 1. The van der Waals surface area contributed by atoms with Gasteiger partial charge in [-0.25, -0.2) is 16.8 Å². The Morgan fingerprint density at radius 1 is 0.966 bits per heavy atom. The van der Waals surface area contributed by atoms with Crippen LogP contribution in [0.25, 0.3) is 0 Å². The number of benzene rings is 2. The van der Waals surface area contributed by atoms with Crippen molar-refractivity contribution in [3.8, 4) is 0 Å². The van der Waals surface area contributed by atoms with Gasteiger partial charge in [0.15, 0.2) is 0 Å². The Bertz CT molecular complexity index is 1100. The first-order chi connectivity index (χ1) is 13.7. The van der Waals surface area contributed by atoms with Crippen LogP contribution in [-0.4, -0.2) is 53.4 Å². The monoisotopic (exact) mass is 459 g/mol. The van der Waals surface area contributed by atoms with E-state index in [1.807, 2.05) is 4.83 Å². The maximum atomic E-state index is 12.7. The van der Waals surface area contributed by atoms with Crippen LogP contribution >= 0.6 is 11.6 Å². The summed E-state index contributed by atoms with van der Waals surface area (Å²) in [6.45, 7) is 1.04. The molecule has 0 atom stereocenters. The third-order valence-electron chi connectivity index (χ3n) is 4.13. The van der Waals surface area contributed by atoms with Crippen molar-refractivity contribution in [2.75, 3.05) is 26.3 Å². The third kappa shape index (κ3) is 5.13. The van der Waals surface area contributed by atoms with Crippen LogP contribution < -0.4 is 10.3 Å². The molecule has 0 aliphatic carbocycles. The molecule has 2 aromatic carbocycles. The number of hydrazine groups is 1. The fraction of sp³-hybridized carbons (Fsp3) is 0.235. The van der Waals surface area contributed by atoms with Gasteiger partial charge in [0.25, 0.3) is 15.9 Å². The molecule has 9 nitrogen and oxygen atoms in total. The normalized spacial score (nSPS) is 15.8. The Morgan fingerprint density at radius 2 is 1.62 bits per heavy atom. The van der Waals surface area contributed by atoms with Gasteiger partial charge in [-0.05, 0) is 42.5 Å². The highest BCUT2D eigenvalue weighted by Crippen LogP contribution is 2.18. The zero-order chi connectivity index (χ0) is 21.1. The number of sulfonamides is 2. The van der Waals surface area contributed by atoms with E-state index in [1.54, 1.807) is 0 Å². The molecule has 0 radical (unpaired) electrons. The molecule has 2 aromatic rings. The van der Waals surface area contributed by atoms with Gasteiger partial charge < -0.3 is 4.74 Å². The van der Waals surface area contributed by atoms with Crippen molar-refractivity contribution in [3.05, 3.63) is 59.1 Å². The molecule has 29 heavy (non-hydrogen) atoms. The van der Waals surface area contributed by atoms with E-state index in [9.17, 15) is 21.6 Å². The van der Waals surface area contributed by atoms with Crippen LogP contribution in [0.2, 0.25) is 5.02 Å². The van der Waals surface area contributed by atoms with Gasteiger partial charge in [0.1, 0.15) is 0 Å². The van der Waals surface area contributed by atoms with Crippen molar-refractivity contribution in [1.29, 1.82) is 0 Å². The molecule has 1 aliphatic heterocycles. The lowest BCUT2D eigenvalue weighted by Gasteiger charge is -2.26. The van der Waals surface area contributed by atoms with Crippen molar-refractivity contribution >= 4 is 37.6 Å². The van der Waals surface area contributed by atoms with Gasteiger partial charge >= 0.3 is 0 Å². The Hall–Kier alpha value is -2.02. The molecule has 12 heteroatoms. The molecule has 0 aromatic heterocycles. The number of carbonyl (C=O) groups is 1. The number of ether oxygens (including phenoxy) is 1. The summed E-state index contributed by atoms with van der Waals surface area (Å²) in [5.41, 5.74) is 2.06. The number of carbonyl (C=O) groups excluding carboxylic acids is 1. The summed E-state index contributed by atoms with van der Waals surface area (Å²) in [7, 11) is -7.80. The van der Waals surface area contributed by atoms with Crippen LogP contribution in [0.15, 0.2) is 58.3 Å². The molecule has 3 rings (SSSR count). The first-order valence-electron chi connectivity index (χ1n) is 8.46. The molecule has 1 fully saturated rings. The first-order valence-corrected chi connectivity index (χ1v) is 11.8. The largest absolute Gasteiger partial charge is 0.379 e. The number of hydrogen-bond donors (Lipinski definition) is 2. The fourth-order valence-corrected chi connectivity index (χ4v) is 5.01. The van der Waals surface area contributed by atoms with Crippen molar-refractivity contribution < 1.29 is 26.4 Å². The van der Waals surface area contributed by atoms with Crippen LogP contribution in [-0.2, 0) is 24.8 Å². The van der Waals surface area contributed by atoms with Gasteiger partial charge in [-0.3, -0.25) is 10.2 Å². The summed E-state index contributed by atoms with van der Waals surface area (Å²) in [5, 5.41) is 0.367. The lowest BCUT2D eigenvalue weighted by molar-refractivity contribution is 0.0730. The standard InChI is InChI=1S/C17H18ClN3O6S2/c18-14-4-6-15(7-5-14)28(23,24)20-19-17(22)13-2-1-3-16(12-13)29(25,26)21-8-10-27-11-9-21/h1-7,12,20H,8-11H2,(H,19,22). The number of morpholine rings is 1. The summed E-state index contributed by atoms with van der Waals surface area (Å²) in [6, 6.07) is 10.7. The predicted molar refractivity (Wildman–Crippen MR) is 105 cm³/mol. The molecule has 1 aliphatic rings. The maximum absolute atomic E-state index is 12.7. The second kappa shape index (κ2) is 8.78. The highest BCUT2D eigenvalue weighted by atomic mass is 35.5. The minimum absolute atomic E-state index is 0.0156. The highest BCUT2D eigenvalue weighted by molar-refractivity contribution is 7.89. The average molecular weight is 460 g/mol. The molecule has 0 bridgehead atoms. The minimum Gasteiger partial charge on any atom is -0.379 e. The number of rotatable bonds is 6. The maximum Gasteiger partial charge on any atom is 0.266 e. The molecule has 2 N–H and O–H groups in total. The van der Waals surface area contributed by atoms with Crippen molar-refractivity contribution in [1.82, 2.24) is 14.6 Å². The van der Waals surface area contributed by atoms with Crippen molar-refractivity contribution in [2.45, 2.75) is 9.79 Å². The third-order valence-corrected chi connectivity index (χ3v) is 7.54. The van der Waals surface area contributed by atoms with Crippen LogP contribution in [0, 0.1) is 0 Å². The minimum atomic E-state index is -4.02. The average Bonchev–Trinajstić information content (AvgIpc) is 2.73. The Balaban J connectivity index is 1.73. The summed E-state index contributed by atoms with van der Waals surface area (Å²) >= 11 is 5.73. The quantitative estimate of drug-likeness (QED) is 0.621. The first kappa shape index (κ1) is 21.7. The van der Waals surface area contributed by atoms with E-state index in [0.29, 0.717) is 18.2 Å². The van der Waals surface area contributed by atoms with E-state index in [2.05, 4.69) is 5.43 Å². The number of halogens is 1. The second-order valence-corrected chi connectivity index (χ2v) is 10.1. The van der Waals surface area contributed by atoms with E-state index in [0.717, 1.165) is 0 Å². The lowest BCUT2D eigenvalue weighted by atomic mass is 10.2. The van der Waals surface area contributed by atoms with Crippen LogP contribution in [0.5, 0.6) is 0 Å². The number of nitrogens with one attached hydrogen (secondary N) is 2. The van der Waals surface area contributed by atoms with Gasteiger partial charge in [-0.1, -0.05) is 17.7 Å². The van der Waals surface area contributed by atoms with E-state index in [1.165, 1.54) is 52.8 Å². The van der Waals surface area contributed by atoms with E-state index >= 15 is 0 Å². The van der Waals surface area contributed by atoms with Gasteiger partial charge in [-0.15, -0.1) is 4.83 Å². The molecular formula is C17H18ClN3O6S2. The Labute approximate surface area is 173 Å². The topological polar surface area (TPSA) is 122 Å². The van der Waals surface area contributed by atoms with Gasteiger partial charge in [0.05, 0.1) is 23.0 Å². The highest BCUT2D eigenvalue weighted by Gasteiger charge is 2.27. The molecular weight excluding hydrogens is 442 g/mol. The van der Waals surface area contributed by atoms with E-state index in [-0.39, 0.29) is 28.4 Å². The fourth-order valence-electron chi connectivity index (χ4n) is 2.59. The Kier molecular flexibility index (Phi) is 6.56. The molecule has 1 saturated heterocycles. The van der Waals surface area contributed by atoms with Crippen molar-refractivity contribution in [2.24, 2.45) is 0 Å². The van der Waals surface area contributed by atoms with Crippen LogP contribution in [0.1, 0.15) is 10.4 Å². The summed E-state index contributed by atoms with van der Waals surface area (Å²) in [6.07, 6.45) is 0. The van der Waals surface area contributed by atoms with Gasteiger partial charge in [0.2, 0.25) is 10.0 Å². The zero-order valence-electron chi connectivity index (χ0n) is 15.0. The predicted octanol–water partition coefficient (Wildman–Crippen LogP) is 0.984. The summed E-state index contributed by atoms with van der Waals surface area (Å²) in [5.74, 6) is -0.804. The molecule has 156 valence electrons. The zero-order valence-corrected chi connectivity index (χ0v) is 17.4. The van der Waals surface area contributed by atoms with Crippen LogP contribution in [0.4, 0.5) is 0 Å². The molecule has 1 amide bonds. The summed E-state index contributed by atoms with van der Waals surface area (Å²) < 4.78 is 56.3. The molecule has 0 unspecified atom stereocenters. The SMILES string of the molecule is O=C(NNS(=O)(=O)c1ccc(Cl)cc1)c1cccc(S(=O)(=O)N2CCOCC2)c1. The van der Waals surface area contributed by atoms with Crippen molar-refractivity contribution in [3.63, 3.8) is 0 Å². The van der Waals surface area contributed by atoms with Gasteiger partial charge in [-0.2, -0.15) is 4.31 Å². The molecule has 1 heterocycles. The smallest absolute Gasteiger partial charge is 0.266 e. The molecule has 0 spiro atoms. The van der Waals surface area contributed by atoms with Gasteiger partial charge in [0, 0.05) is 23.7 Å². The number of hydrogen-bond acceptors (Lipinski definition) is 6. The van der Waals surface area contributed by atoms with E-state index in [4.69, 9.17) is 16.3 Å².